The van der Waals surface area contributed by atoms with E-state index in [1.54, 1.807) is 23.4 Å². The Morgan fingerprint density at radius 2 is 1.82 bits per heavy atom. The van der Waals surface area contributed by atoms with Crippen LogP contribution in [0.25, 0.3) is 0 Å². The predicted molar refractivity (Wildman–Crippen MR) is 106 cm³/mol. The number of benzene rings is 2. The summed E-state index contributed by atoms with van der Waals surface area (Å²) in [7, 11) is 0. The van der Waals surface area contributed by atoms with Gasteiger partial charge in [0.05, 0.1) is 5.56 Å². The van der Waals surface area contributed by atoms with Gasteiger partial charge < -0.3 is 15.5 Å². The van der Waals surface area contributed by atoms with Crippen LogP contribution in [0.4, 0.5) is 5.69 Å². The van der Waals surface area contributed by atoms with Crippen molar-refractivity contribution in [3.8, 4) is 0 Å². The normalized spacial score (nSPS) is 15.5. The Morgan fingerprint density at radius 1 is 1.04 bits per heavy atom. The number of aromatic nitrogens is 1. The summed E-state index contributed by atoms with van der Waals surface area (Å²) in [6.45, 7) is 0.328. The lowest BCUT2D eigenvalue weighted by molar-refractivity contribution is -0.122. The van der Waals surface area contributed by atoms with Crippen LogP contribution in [-0.2, 0) is 11.3 Å². The maximum absolute atomic E-state index is 13.1. The Balaban J connectivity index is 1.55. The number of rotatable bonds is 5. The second-order valence-electron chi connectivity index (χ2n) is 6.57. The zero-order valence-electron chi connectivity index (χ0n) is 15.2. The third-order valence-electron chi connectivity index (χ3n) is 4.66. The van der Waals surface area contributed by atoms with Crippen molar-refractivity contribution in [1.82, 2.24) is 15.2 Å². The van der Waals surface area contributed by atoms with E-state index in [1.807, 2.05) is 60.7 Å². The highest BCUT2D eigenvalue weighted by molar-refractivity contribution is 6.03. The van der Waals surface area contributed by atoms with Crippen molar-refractivity contribution in [3.63, 3.8) is 0 Å². The molecule has 0 radical (unpaired) electrons. The fourth-order valence-corrected chi connectivity index (χ4v) is 3.27. The van der Waals surface area contributed by atoms with Gasteiger partial charge >= 0.3 is 0 Å². The number of hydrogen-bond acceptors (Lipinski definition) is 4. The Kier molecular flexibility index (Phi) is 5.01. The standard InChI is InChI=1S/C22H20N4O2/c27-20(24-14-16-7-6-12-23-13-16)15-26-21(17-8-2-1-3-9-17)25-19-11-5-4-10-18(19)22(26)28/h1-13,21,25H,14-15H2,(H,24,27)/t21-/m0/s1. The van der Waals surface area contributed by atoms with E-state index in [4.69, 9.17) is 0 Å². The Labute approximate surface area is 163 Å². The molecule has 2 aromatic carbocycles. The summed E-state index contributed by atoms with van der Waals surface area (Å²) in [6.07, 6.45) is 2.98. The van der Waals surface area contributed by atoms with Crippen molar-refractivity contribution < 1.29 is 9.59 Å². The van der Waals surface area contributed by atoms with Crippen molar-refractivity contribution in [2.45, 2.75) is 12.7 Å². The molecule has 0 saturated heterocycles. The number of carbonyl (C=O) groups excluding carboxylic acids is 2. The van der Waals surface area contributed by atoms with E-state index in [0.717, 1.165) is 16.8 Å². The fourth-order valence-electron chi connectivity index (χ4n) is 3.27. The molecule has 1 atom stereocenters. The molecule has 1 aromatic heterocycles. The minimum absolute atomic E-state index is 0.0417. The largest absolute Gasteiger partial charge is 0.361 e. The smallest absolute Gasteiger partial charge is 0.258 e. The third-order valence-corrected chi connectivity index (χ3v) is 4.66. The van der Waals surface area contributed by atoms with Gasteiger partial charge in [0.25, 0.3) is 5.91 Å². The van der Waals surface area contributed by atoms with Gasteiger partial charge in [-0.15, -0.1) is 0 Å². The maximum atomic E-state index is 13.1. The molecule has 2 N–H and O–H groups in total. The molecule has 0 fully saturated rings. The monoisotopic (exact) mass is 372 g/mol. The SMILES string of the molecule is O=C(CN1C(=O)c2ccccc2N[C@@H]1c1ccccc1)NCc1cccnc1. The van der Waals surface area contributed by atoms with Gasteiger partial charge in [-0.1, -0.05) is 48.5 Å². The van der Waals surface area contributed by atoms with E-state index in [2.05, 4.69) is 15.6 Å². The zero-order valence-corrected chi connectivity index (χ0v) is 15.2. The van der Waals surface area contributed by atoms with Crippen molar-refractivity contribution >= 4 is 17.5 Å². The molecule has 3 aromatic rings. The highest BCUT2D eigenvalue weighted by atomic mass is 16.2. The number of anilines is 1. The summed E-state index contributed by atoms with van der Waals surface area (Å²) in [6, 6.07) is 20.7. The van der Waals surface area contributed by atoms with Gasteiger partial charge in [-0.3, -0.25) is 14.6 Å². The quantitative estimate of drug-likeness (QED) is 0.722. The maximum Gasteiger partial charge on any atom is 0.258 e. The lowest BCUT2D eigenvalue weighted by Gasteiger charge is -2.37. The van der Waals surface area contributed by atoms with E-state index in [1.165, 1.54) is 0 Å². The van der Waals surface area contributed by atoms with Crippen LogP contribution in [0.5, 0.6) is 0 Å². The molecule has 6 heteroatoms. The molecule has 2 amide bonds. The molecule has 2 heterocycles. The number of hydrogen-bond donors (Lipinski definition) is 2. The Bertz CT molecular complexity index is 976. The van der Waals surface area contributed by atoms with Crippen molar-refractivity contribution in [2.24, 2.45) is 0 Å². The second-order valence-corrected chi connectivity index (χ2v) is 6.57. The minimum Gasteiger partial charge on any atom is -0.361 e. The highest BCUT2D eigenvalue weighted by Crippen LogP contribution is 2.32. The van der Waals surface area contributed by atoms with E-state index < -0.39 is 6.17 Å². The first-order valence-corrected chi connectivity index (χ1v) is 9.09. The molecule has 6 nitrogen and oxygen atoms in total. The predicted octanol–water partition coefficient (Wildman–Crippen LogP) is 2.96. The first-order chi connectivity index (χ1) is 13.7. The molecule has 1 aliphatic heterocycles. The molecular formula is C22H20N4O2. The average Bonchev–Trinajstić information content (AvgIpc) is 2.75. The van der Waals surface area contributed by atoms with Crippen molar-refractivity contribution in [3.05, 3.63) is 95.8 Å². The lowest BCUT2D eigenvalue weighted by Crippen LogP contribution is -2.47. The van der Waals surface area contributed by atoms with Crippen LogP contribution >= 0.6 is 0 Å². The van der Waals surface area contributed by atoms with E-state index in [-0.39, 0.29) is 18.4 Å². The molecule has 0 unspecified atom stereocenters. The number of nitrogens with zero attached hydrogens (tertiary/aromatic N) is 2. The molecule has 4 rings (SSSR count). The van der Waals surface area contributed by atoms with Crippen LogP contribution in [0.15, 0.2) is 79.1 Å². The number of fused-ring (bicyclic) bond motifs is 1. The summed E-state index contributed by atoms with van der Waals surface area (Å²) in [5, 5.41) is 6.25. The van der Waals surface area contributed by atoms with Crippen molar-refractivity contribution in [1.29, 1.82) is 0 Å². The summed E-state index contributed by atoms with van der Waals surface area (Å²) in [5.74, 6) is -0.390. The van der Waals surface area contributed by atoms with E-state index >= 15 is 0 Å². The van der Waals surface area contributed by atoms with Crippen LogP contribution in [0.2, 0.25) is 0 Å². The summed E-state index contributed by atoms with van der Waals surface area (Å²) in [4.78, 5) is 31.3. The van der Waals surface area contributed by atoms with E-state index in [9.17, 15) is 9.59 Å². The number of pyridine rings is 1. The van der Waals surface area contributed by atoms with Crippen LogP contribution < -0.4 is 10.6 Å². The molecule has 1 aliphatic rings. The van der Waals surface area contributed by atoms with Crippen LogP contribution in [0, 0.1) is 0 Å². The number of carbonyl (C=O) groups is 2. The topological polar surface area (TPSA) is 74.3 Å². The van der Waals surface area contributed by atoms with Crippen LogP contribution in [-0.4, -0.2) is 28.2 Å². The lowest BCUT2D eigenvalue weighted by atomic mass is 10.0. The molecule has 0 saturated carbocycles. The first-order valence-electron chi connectivity index (χ1n) is 9.09. The molecule has 0 spiro atoms. The Morgan fingerprint density at radius 3 is 2.61 bits per heavy atom. The van der Waals surface area contributed by atoms with Gasteiger partial charge in [-0.2, -0.15) is 0 Å². The summed E-state index contributed by atoms with van der Waals surface area (Å²) < 4.78 is 0. The molecular weight excluding hydrogens is 352 g/mol. The van der Waals surface area contributed by atoms with Gasteiger partial charge in [0.1, 0.15) is 12.7 Å². The van der Waals surface area contributed by atoms with Gasteiger partial charge in [0, 0.05) is 24.6 Å². The summed E-state index contributed by atoms with van der Waals surface area (Å²) >= 11 is 0. The van der Waals surface area contributed by atoms with Gasteiger partial charge in [-0.05, 0) is 29.3 Å². The van der Waals surface area contributed by atoms with Gasteiger partial charge in [-0.25, -0.2) is 0 Å². The van der Waals surface area contributed by atoms with Gasteiger partial charge in [0.15, 0.2) is 0 Å². The van der Waals surface area contributed by atoms with Crippen LogP contribution in [0.1, 0.15) is 27.7 Å². The molecule has 28 heavy (non-hydrogen) atoms. The number of para-hydroxylation sites is 1. The highest BCUT2D eigenvalue weighted by Gasteiger charge is 2.33. The summed E-state index contributed by atoms with van der Waals surface area (Å²) in [5.41, 5.74) is 3.16. The number of nitrogens with one attached hydrogen (secondary N) is 2. The van der Waals surface area contributed by atoms with Crippen molar-refractivity contribution in [2.75, 3.05) is 11.9 Å². The molecule has 0 bridgehead atoms. The minimum atomic E-state index is -0.409. The molecule has 140 valence electrons. The first kappa shape index (κ1) is 17.7. The Hall–Kier alpha value is -3.67. The number of amides is 2. The average molecular weight is 372 g/mol. The van der Waals surface area contributed by atoms with Gasteiger partial charge in [0.2, 0.25) is 5.91 Å². The molecule has 0 aliphatic carbocycles. The zero-order chi connectivity index (χ0) is 19.3. The third kappa shape index (κ3) is 3.71. The second kappa shape index (κ2) is 7.92. The fraction of sp³-hybridized carbons (Fsp3) is 0.136. The van der Waals surface area contributed by atoms with Crippen LogP contribution in [0.3, 0.4) is 0 Å². The van der Waals surface area contributed by atoms with E-state index in [0.29, 0.717) is 12.1 Å².